The standard InChI is InChI=1S/C22H23N3O2/c1-4-27-20-8-6-5-7-19(20)24-21-14-17(11-12-23-21)22(26)25-18-10-9-15(2)13-16(18)3/h5-14H,4H2,1-3H3,(H,23,24)(H,25,26). The maximum absolute atomic E-state index is 12.6. The highest BCUT2D eigenvalue weighted by molar-refractivity contribution is 6.05. The van der Waals surface area contributed by atoms with Crippen LogP contribution in [-0.2, 0) is 0 Å². The predicted octanol–water partition coefficient (Wildman–Crippen LogP) is 5.09. The summed E-state index contributed by atoms with van der Waals surface area (Å²) < 4.78 is 5.62. The first-order valence-electron chi connectivity index (χ1n) is 8.90. The Morgan fingerprint density at radius 3 is 2.63 bits per heavy atom. The van der Waals surface area contributed by atoms with Crippen LogP contribution in [0.1, 0.15) is 28.4 Å². The van der Waals surface area contributed by atoms with Crippen molar-refractivity contribution in [2.45, 2.75) is 20.8 Å². The number of carbonyl (C=O) groups is 1. The number of ether oxygens (including phenoxy) is 1. The second-order valence-corrected chi connectivity index (χ2v) is 6.26. The molecule has 1 heterocycles. The first kappa shape index (κ1) is 18.5. The summed E-state index contributed by atoms with van der Waals surface area (Å²) in [6.07, 6.45) is 1.61. The SMILES string of the molecule is CCOc1ccccc1Nc1cc(C(=O)Nc2ccc(C)cc2C)ccn1. The molecule has 0 saturated carbocycles. The van der Waals surface area contributed by atoms with Crippen molar-refractivity contribution in [1.82, 2.24) is 4.98 Å². The van der Waals surface area contributed by atoms with Crippen LogP contribution in [-0.4, -0.2) is 17.5 Å². The number of aromatic nitrogens is 1. The summed E-state index contributed by atoms with van der Waals surface area (Å²) >= 11 is 0. The number of nitrogens with one attached hydrogen (secondary N) is 2. The minimum Gasteiger partial charge on any atom is -0.492 e. The van der Waals surface area contributed by atoms with E-state index in [-0.39, 0.29) is 5.91 Å². The second kappa shape index (κ2) is 8.36. The van der Waals surface area contributed by atoms with E-state index in [1.165, 1.54) is 0 Å². The Morgan fingerprint density at radius 1 is 1.04 bits per heavy atom. The number of para-hydroxylation sites is 2. The minimum atomic E-state index is -0.175. The molecule has 138 valence electrons. The molecule has 5 nitrogen and oxygen atoms in total. The highest BCUT2D eigenvalue weighted by Gasteiger charge is 2.10. The van der Waals surface area contributed by atoms with Gasteiger partial charge in [-0.05, 0) is 56.7 Å². The molecule has 2 N–H and O–H groups in total. The Kier molecular flexibility index (Phi) is 5.71. The number of amides is 1. The Bertz CT molecular complexity index is 954. The summed E-state index contributed by atoms with van der Waals surface area (Å²) in [5, 5.41) is 6.18. The van der Waals surface area contributed by atoms with E-state index < -0.39 is 0 Å². The van der Waals surface area contributed by atoms with Crippen molar-refractivity contribution in [2.24, 2.45) is 0 Å². The highest BCUT2D eigenvalue weighted by Crippen LogP contribution is 2.27. The van der Waals surface area contributed by atoms with E-state index in [0.717, 1.165) is 28.3 Å². The van der Waals surface area contributed by atoms with E-state index >= 15 is 0 Å². The highest BCUT2D eigenvalue weighted by atomic mass is 16.5. The summed E-state index contributed by atoms with van der Waals surface area (Å²) in [7, 11) is 0. The molecule has 27 heavy (non-hydrogen) atoms. The minimum absolute atomic E-state index is 0.175. The van der Waals surface area contributed by atoms with Gasteiger partial charge in [-0.1, -0.05) is 29.8 Å². The molecule has 0 spiro atoms. The number of hydrogen-bond donors (Lipinski definition) is 2. The van der Waals surface area contributed by atoms with Gasteiger partial charge in [0, 0.05) is 17.4 Å². The van der Waals surface area contributed by atoms with Gasteiger partial charge >= 0.3 is 0 Å². The monoisotopic (exact) mass is 361 g/mol. The quantitative estimate of drug-likeness (QED) is 0.642. The molecule has 0 radical (unpaired) electrons. The molecule has 0 unspecified atom stereocenters. The molecule has 0 bridgehead atoms. The third-order valence-corrected chi connectivity index (χ3v) is 4.10. The number of pyridine rings is 1. The predicted molar refractivity (Wildman–Crippen MR) is 109 cm³/mol. The third-order valence-electron chi connectivity index (χ3n) is 4.10. The van der Waals surface area contributed by atoms with Gasteiger partial charge in [-0.25, -0.2) is 4.98 Å². The molecule has 2 aromatic carbocycles. The van der Waals surface area contributed by atoms with E-state index in [1.807, 2.05) is 63.2 Å². The fraction of sp³-hybridized carbons (Fsp3) is 0.182. The largest absolute Gasteiger partial charge is 0.492 e. The molecule has 0 aliphatic carbocycles. The molecular weight excluding hydrogens is 338 g/mol. The van der Waals surface area contributed by atoms with Crippen molar-refractivity contribution < 1.29 is 9.53 Å². The van der Waals surface area contributed by atoms with Crippen LogP contribution in [0.2, 0.25) is 0 Å². The normalized spacial score (nSPS) is 10.3. The van der Waals surface area contributed by atoms with E-state index in [4.69, 9.17) is 4.74 Å². The van der Waals surface area contributed by atoms with Gasteiger partial charge in [0.05, 0.1) is 12.3 Å². The van der Waals surface area contributed by atoms with Gasteiger partial charge in [0.2, 0.25) is 0 Å². The Hall–Kier alpha value is -3.34. The Balaban J connectivity index is 1.78. The van der Waals surface area contributed by atoms with Crippen LogP contribution >= 0.6 is 0 Å². The summed E-state index contributed by atoms with van der Waals surface area (Å²) in [5.74, 6) is 1.15. The van der Waals surface area contributed by atoms with Gasteiger partial charge in [-0.15, -0.1) is 0 Å². The van der Waals surface area contributed by atoms with Crippen molar-refractivity contribution in [1.29, 1.82) is 0 Å². The first-order valence-corrected chi connectivity index (χ1v) is 8.90. The number of benzene rings is 2. The van der Waals surface area contributed by atoms with Crippen LogP contribution in [0.4, 0.5) is 17.2 Å². The number of aryl methyl sites for hydroxylation is 2. The zero-order valence-electron chi connectivity index (χ0n) is 15.7. The summed E-state index contributed by atoms with van der Waals surface area (Å²) in [5.41, 5.74) is 4.33. The number of nitrogens with zero attached hydrogens (tertiary/aromatic N) is 1. The summed E-state index contributed by atoms with van der Waals surface area (Å²) in [4.78, 5) is 16.9. The summed E-state index contributed by atoms with van der Waals surface area (Å²) in [6.45, 7) is 6.52. The zero-order chi connectivity index (χ0) is 19.2. The fourth-order valence-electron chi connectivity index (χ4n) is 2.78. The van der Waals surface area contributed by atoms with Gasteiger partial charge in [-0.2, -0.15) is 0 Å². The molecule has 3 aromatic rings. The number of carbonyl (C=O) groups excluding carboxylic acids is 1. The number of rotatable bonds is 6. The zero-order valence-corrected chi connectivity index (χ0v) is 15.7. The van der Waals surface area contributed by atoms with Crippen LogP contribution in [0.25, 0.3) is 0 Å². The molecule has 0 fully saturated rings. The van der Waals surface area contributed by atoms with Crippen molar-refractivity contribution >= 4 is 23.1 Å². The second-order valence-electron chi connectivity index (χ2n) is 6.26. The van der Waals surface area contributed by atoms with Crippen LogP contribution in [0, 0.1) is 13.8 Å². The average molecular weight is 361 g/mol. The lowest BCUT2D eigenvalue weighted by Crippen LogP contribution is -2.13. The summed E-state index contributed by atoms with van der Waals surface area (Å²) in [6, 6.07) is 17.0. The molecular formula is C22H23N3O2. The topological polar surface area (TPSA) is 63.2 Å². The molecule has 5 heteroatoms. The molecule has 0 atom stereocenters. The van der Waals surface area contributed by atoms with Crippen LogP contribution in [0.3, 0.4) is 0 Å². The van der Waals surface area contributed by atoms with Crippen molar-refractivity contribution in [3.63, 3.8) is 0 Å². The fourth-order valence-corrected chi connectivity index (χ4v) is 2.78. The van der Waals surface area contributed by atoms with E-state index in [9.17, 15) is 4.79 Å². The molecule has 1 aromatic heterocycles. The average Bonchev–Trinajstić information content (AvgIpc) is 2.66. The molecule has 1 amide bonds. The van der Waals surface area contributed by atoms with E-state index in [2.05, 4.69) is 15.6 Å². The van der Waals surface area contributed by atoms with Crippen molar-refractivity contribution in [3.8, 4) is 5.75 Å². The number of hydrogen-bond acceptors (Lipinski definition) is 4. The lowest BCUT2D eigenvalue weighted by molar-refractivity contribution is 0.102. The molecule has 0 aliphatic heterocycles. The lowest BCUT2D eigenvalue weighted by Gasteiger charge is -2.13. The van der Waals surface area contributed by atoms with Gasteiger partial charge in [0.1, 0.15) is 11.6 Å². The van der Waals surface area contributed by atoms with E-state index in [1.54, 1.807) is 18.3 Å². The van der Waals surface area contributed by atoms with E-state index in [0.29, 0.717) is 18.0 Å². The van der Waals surface area contributed by atoms with Crippen molar-refractivity contribution in [3.05, 3.63) is 77.5 Å². The maximum atomic E-state index is 12.6. The van der Waals surface area contributed by atoms with Gasteiger partial charge in [-0.3, -0.25) is 4.79 Å². The van der Waals surface area contributed by atoms with Crippen LogP contribution in [0.15, 0.2) is 60.8 Å². The third kappa shape index (κ3) is 4.64. The Labute approximate surface area is 159 Å². The van der Waals surface area contributed by atoms with Crippen LogP contribution < -0.4 is 15.4 Å². The van der Waals surface area contributed by atoms with Gasteiger partial charge in [0.25, 0.3) is 5.91 Å². The molecule has 0 saturated heterocycles. The first-order chi connectivity index (χ1) is 13.1. The maximum Gasteiger partial charge on any atom is 0.255 e. The van der Waals surface area contributed by atoms with Gasteiger partial charge in [0.15, 0.2) is 0 Å². The smallest absolute Gasteiger partial charge is 0.255 e. The van der Waals surface area contributed by atoms with Crippen molar-refractivity contribution in [2.75, 3.05) is 17.2 Å². The lowest BCUT2D eigenvalue weighted by atomic mass is 10.1. The van der Waals surface area contributed by atoms with Crippen LogP contribution in [0.5, 0.6) is 5.75 Å². The molecule has 3 rings (SSSR count). The molecule has 0 aliphatic rings. The van der Waals surface area contributed by atoms with Gasteiger partial charge < -0.3 is 15.4 Å². The Morgan fingerprint density at radius 2 is 1.85 bits per heavy atom. The number of anilines is 3.